The van der Waals surface area contributed by atoms with Crippen LogP contribution < -0.4 is 9.54 Å². The van der Waals surface area contributed by atoms with Gasteiger partial charge in [0, 0.05) is 11.6 Å². The van der Waals surface area contributed by atoms with Gasteiger partial charge in [-0.25, -0.2) is 0 Å². The fourth-order valence-corrected chi connectivity index (χ4v) is 4.07. The van der Waals surface area contributed by atoms with Crippen molar-refractivity contribution in [1.29, 1.82) is 0 Å². The maximum atomic E-state index is 12.6. The molecule has 7 heteroatoms. The summed E-state index contributed by atoms with van der Waals surface area (Å²) < 4.78 is 8.46. The number of aromatic nitrogens is 1. The fourth-order valence-electron chi connectivity index (χ4n) is 2.51. The van der Waals surface area contributed by atoms with Gasteiger partial charge in [-0.15, -0.1) is 6.58 Å². The largest absolute Gasteiger partial charge is 0.494 e. The van der Waals surface area contributed by atoms with E-state index in [1.54, 1.807) is 18.2 Å². The van der Waals surface area contributed by atoms with Crippen molar-refractivity contribution in [3.63, 3.8) is 0 Å². The number of rotatable bonds is 5. The van der Waals surface area contributed by atoms with Crippen molar-refractivity contribution in [3.8, 4) is 5.75 Å². The minimum Gasteiger partial charge on any atom is -0.494 e. The molecule has 0 atom stereocenters. The van der Waals surface area contributed by atoms with Crippen molar-refractivity contribution in [2.45, 2.75) is 13.5 Å². The highest BCUT2D eigenvalue weighted by atomic mass is 35.5. The number of amides is 1. The molecule has 0 bridgehead atoms. The van der Waals surface area contributed by atoms with Gasteiger partial charge in [-0.3, -0.25) is 4.79 Å². The van der Waals surface area contributed by atoms with Gasteiger partial charge in [-0.1, -0.05) is 40.6 Å². The maximum Gasteiger partial charge on any atom is 0.281 e. The van der Waals surface area contributed by atoms with Crippen LogP contribution in [0.25, 0.3) is 10.2 Å². The van der Waals surface area contributed by atoms with Crippen LogP contribution in [0, 0.1) is 0 Å². The Kier molecular flexibility index (Phi) is 5.81. The Morgan fingerprint density at radius 1 is 1.31 bits per heavy atom. The van der Waals surface area contributed by atoms with Gasteiger partial charge in [0.1, 0.15) is 5.75 Å². The summed E-state index contributed by atoms with van der Waals surface area (Å²) in [6, 6.07) is 10.5. The Bertz CT molecular complexity index is 1050. The predicted octanol–water partition coefficient (Wildman–Crippen LogP) is 5.34. The maximum absolute atomic E-state index is 12.6. The molecule has 134 valence electrons. The lowest BCUT2D eigenvalue weighted by Gasteiger charge is -2.04. The van der Waals surface area contributed by atoms with E-state index in [4.69, 9.17) is 27.9 Å². The number of allylic oxidation sites excluding steroid dienone is 1. The van der Waals surface area contributed by atoms with Gasteiger partial charge in [0.15, 0.2) is 4.80 Å². The van der Waals surface area contributed by atoms with Crippen molar-refractivity contribution < 1.29 is 9.53 Å². The van der Waals surface area contributed by atoms with Crippen LogP contribution >= 0.6 is 34.5 Å². The van der Waals surface area contributed by atoms with E-state index >= 15 is 0 Å². The Morgan fingerprint density at radius 2 is 2.12 bits per heavy atom. The molecule has 1 amide bonds. The highest BCUT2D eigenvalue weighted by molar-refractivity contribution is 7.16. The molecule has 2 aromatic carbocycles. The van der Waals surface area contributed by atoms with E-state index in [0.717, 1.165) is 16.0 Å². The minimum atomic E-state index is -0.416. The molecule has 1 heterocycles. The van der Waals surface area contributed by atoms with E-state index < -0.39 is 5.91 Å². The van der Waals surface area contributed by atoms with Crippen LogP contribution in [0.5, 0.6) is 5.75 Å². The number of nitrogens with zero attached hydrogens (tertiary/aromatic N) is 2. The summed E-state index contributed by atoms with van der Waals surface area (Å²) in [6.45, 7) is 6.85. The van der Waals surface area contributed by atoms with E-state index in [9.17, 15) is 4.79 Å². The van der Waals surface area contributed by atoms with Crippen LogP contribution in [0.1, 0.15) is 17.3 Å². The number of thiazole rings is 1. The molecule has 0 saturated heterocycles. The van der Waals surface area contributed by atoms with Gasteiger partial charge < -0.3 is 9.30 Å². The topological polar surface area (TPSA) is 43.6 Å². The number of hydrogen-bond acceptors (Lipinski definition) is 3. The number of carbonyl (C=O) groups excluding carboxylic acids is 1. The third kappa shape index (κ3) is 3.85. The Balaban J connectivity index is 2.12. The van der Waals surface area contributed by atoms with Gasteiger partial charge in [0.2, 0.25) is 0 Å². The Hall–Kier alpha value is -2.08. The molecule has 0 radical (unpaired) electrons. The lowest BCUT2D eigenvalue weighted by molar-refractivity contribution is 0.0998. The molecule has 0 aliphatic rings. The second-order valence-corrected chi connectivity index (χ2v) is 7.24. The SMILES string of the molecule is C=CCn1c(=NC(=O)c2ccc(Cl)cc2Cl)sc2cc(OCC)ccc21. The standard InChI is InChI=1S/C19H16Cl2N2O2S/c1-3-9-23-16-8-6-13(25-4-2)11-17(16)26-19(23)22-18(24)14-7-5-12(20)10-15(14)21/h3,5-8,10-11H,1,4,9H2,2H3. The molecule has 0 N–H and O–H groups in total. The first-order valence-corrected chi connectivity index (χ1v) is 9.52. The van der Waals surface area contributed by atoms with Gasteiger partial charge in [-0.2, -0.15) is 4.99 Å². The highest BCUT2D eigenvalue weighted by Gasteiger charge is 2.12. The highest BCUT2D eigenvalue weighted by Crippen LogP contribution is 2.24. The third-order valence-corrected chi connectivity index (χ3v) is 5.22. The summed E-state index contributed by atoms with van der Waals surface area (Å²) in [6.07, 6.45) is 1.77. The second kappa shape index (κ2) is 8.08. The zero-order valence-electron chi connectivity index (χ0n) is 14.0. The molecule has 1 aromatic heterocycles. The predicted molar refractivity (Wildman–Crippen MR) is 108 cm³/mol. The van der Waals surface area contributed by atoms with Gasteiger partial charge in [0.05, 0.1) is 27.4 Å². The number of benzene rings is 2. The van der Waals surface area contributed by atoms with E-state index in [1.165, 1.54) is 17.4 Å². The molecule has 26 heavy (non-hydrogen) atoms. The molecular weight excluding hydrogens is 391 g/mol. The normalized spacial score (nSPS) is 11.7. The van der Waals surface area contributed by atoms with Crippen molar-refractivity contribution in [2.24, 2.45) is 4.99 Å². The average Bonchev–Trinajstić information content (AvgIpc) is 2.92. The number of fused-ring (bicyclic) bond motifs is 1. The first-order chi connectivity index (χ1) is 12.5. The lowest BCUT2D eigenvalue weighted by atomic mass is 10.2. The van der Waals surface area contributed by atoms with Crippen molar-refractivity contribution in [2.75, 3.05) is 6.61 Å². The van der Waals surface area contributed by atoms with Gasteiger partial charge in [-0.05, 0) is 43.3 Å². The van der Waals surface area contributed by atoms with Crippen LogP contribution in [0.3, 0.4) is 0 Å². The smallest absolute Gasteiger partial charge is 0.281 e. The van der Waals surface area contributed by atoms with Crippen molar-refractivity contribution in [3.05, 3.63) is 69.5 Å². The van der Waals surface area contributed by atoms with Crippen molar-refractivity contribution in [1.82, 2.24) is 4.57 Å². The van der Waals surface area contributed by atoms with Crippen LogP contribution in [0.2, 0.25) is 10.0 Å². The molecule has 3 aromatic rings. The lowest BCUT2D eigenvalue weighted by Crippen LogP contribution is -2.16. The Labute approximate surface area is 165 Å². The van der Waals surface area contributed by atoms with E-state index in [1.807, 2.05) is 29.7 Å². The number of carbonyl (C=O) groups is 1. The number of hydrogen-bond donors (Lipinski definition) is 0. The van der Waals surface area contributed by atoms with Gasteiger partial charge in [0.25, 0.3) is 5.91 Å². The summed E-state index contributed by atoms with van der Waals surface area (Å²) in [5, 5.41) is 0.750. The third-order valence-electron chi connectivity index (χ3n) is 3.64. The number of ether oxygens (including phenoxy) is 1. The van der Waals surface area contributed by atoms with Crippen LogP contribution in [-0.2, 0) is 6.54 Å². The first kappa shape index (κ1) is 18.7. The molecule has 0 saturated carbocycles. The van der Waals surface area contributed by atoms with E-state index in [2.05, 4.69) is 11.6 Å². The van der Waals surface area contributed by atoms with Crippen LogP contribution in [0.15, 0.2) is 54.0 Å². The summed E-state index contributed by atoms with van der Waals surface area (Å²) in [5.41, 5.74) is 1.28. The van der Waals surface area contributed by atoms with Crippen LogP contribution in [-0.4, -0.2) is 17.1 Å². The molecule has 4 nitrogen and oxygen atoms in total. The quantitative estimate of drug-likeness (QED) is 0.536. The van der Waals surface area contributed by atoms with E-state index in [-0.39, 0.29) is 5.02 Å². The number of halogens is 2. The minimum absolute atomic E-state index is 0.279. The zero-order chi connectivity index (χ0) is 18.7. The van der Waals surface area contributed by atoms with Gasteiger partial charge >= 0.3 is 0 Å². The van der Waals surface area contributed by atoms with Crippen LogP contribution in [0.4, 0.5) is 0 Å². The summed E-state index contributed by atoms with van der Waals surface area (Å²) >= 11 is 13.4. The second-order valence-electron chi connectivity index (χ2n) is 5.39. The Morgan fingerprint density at radius 3 is 2.81 bits per heavy atom. The molecule has 0 aliphatic heterocycles. The summed E-state index contributed by atoms with van der Waals surface area (Å²) in [4.78, 5) is 17.4. The first-order valence-electron chi connectivity index (χ1n) is 7.94. The zero-order valence-corrected chi connectivity index (χ0v) is 16.4. The van der Waals surface area contributed by atoms with Crippen molar-refractivity contribution >= 4 is 50.7 Å². The average molecular weight is 407 g/mol. The summed E-state index contributed by atoms with van der Waals surface area (Å²) in [5.74, 6) is 0.367. The molecule has 3 rings (SSSR count). The monoisotopic (exact) mass is 406 g/mol. The molecule has 0 spiro atoms. The molecular formula is C19H16Cl2N2O2S. The molecule has 0 unspecified atom stereocenters. The van der Waals surface area contributed by atoms with E-state index in [0.29, 0.717) is 28.5 Å². The summed E-state index contributed by atoms with van der Waals surface area (Å²) in [7, 11) is 0. The molecule has 0 aliphatic carbocycles. The fraction of sp³-hybridized carbons (Fsp3) is 0.158. The molecule has 0 fully saturated rings.